The summed E-state index contributed by atoms with van der Waals surface area (Å²) in [6.45, 7) is 4.02. The first kappa shape index (κ1) is 18.3. The van der Waals surface area contributed by atoms with Gasteiger partial charge in [0.2, 0.25) is 5.91 Å². The normalized spacial score (nSPS) is 10.0. The summed E-state index contributed by atoms with van der Waals surface area (Å²) in [5, 5.41) is 5.38. The molecular formula is C19H22N2O4. The summed E-state index contributed by atoms with van der Waals surface area (Å²) in [5.74, 6) is 0.762. The smallest absolute Gasteiger partial charge is 0.258 e. The van der Waals surface area contributed by atoms with E-state index in [9.17, 15) is 9.59 Å². The zero-order valence-electron chi connectivity index (χ0n) is 14.4. The molecule has 0 aliphatic rings. The molecule has 0 aliphatic carbocycles. The van der Waals surface area contributed by atoms with Gasteiger partial charge in [0.25, 0.3) is 5.91 Å². The number of carbonyl (C=O) groups is 2. The van der Waals surface area contributed by atoms with Crippen molar-refractivity contribution in [1.82, 2.24) is 5.32 Å². The molecule has 132 valence electrons. The van der Waals surface area contributed by atoms with Crippen molar-refractivity contribution in [2.75, 3.05) is 25.1 Å². The van der Waals surface area contributed by atoms with E-state index in [1.807, 2.05) is 31.2 Å². The minimum atomic E-state index is -0.259. The van der Waals surface area contributed by atoms with Crippen LogP contribution < -0.4 is 20.1 Å². The maximum Gasteiger partial charge on any atom is 0.258 e. The Morgan fingerprint density at radius 3 is 2.60 bits per heavy atom. The van der Waals surface area contributed by atoms with E-state index in [1.165, 1.54) is 6.92 Å². The van der Waals surface area contributed by atoms with Crippen molar-refractivity contribution in [3.8, 4) is 11.5 Å². The number of benzene rings is 2. The van der Waals surface area contributed by atoms with Crippen molar-refractivity contribution in [3.63, 3.8) is 0 Å². The average molecular weight is 342 g/mol. The lowest BCUT2D eigenvalue weighted by Gasteiger charge is -2.12. The highest BCUT2D eigenvalue weighted by molar-refractivity contribution is 5.90. The number of carbonyl (C=O) groups excluding carboxylic acids is 2. The molecule has 0 spiro atoms. The third-order valence-corrected chi connectivity index (χ3v) is 3.24. The van der Waals surface area contributed by atoms with Gasteiger partial charge in [-0.15, -0.1) is 0 Å². The Kier molecular flexibility index (Phi) is 6.83. The van der Waals surface area contributed by atoms with Crippen LogP contribution in [0.5, 0.6) is 11.5 Å². The van der Waals surface area contributed by atoms with Crippen molar-refractivity contribution >= 4 is 17.5 Å². The molecular weight excluding hydrogens is 320 g/mol. The van der Waals surface area contributed by atoms with Gasteiger partial charge < -0.3 is 20.1 Å². The maximum absolute atomic E-state index is 11.8. The lowest BCUT2D eigenvalue weighted by molar-refractivity contribution is -0.123. The Bertz CT molecular complexity index is 731. The summed E-state index contributed by atoms with van der Waals surface area (Å²) in [7, 11) is 0. The Labute approximate surface area is 147 Å². The van der Waals surface area contributed by atoms with Gasteiger partial charge in [-0.25, -0.2) is 0 Å². The number of para-hydroxylation sites is 2. The Hall–Kier alpha value is -3.02. The van der Waals surface area contributed by atoms with E-state index >= 15 is 0 Å². The van der Waals surface area contributed by atoms with E-state index in [1.54, 1.807) is 24.3 Å². The molecule has 2 aromatic rings. The van der Waals surface area contributed by atoms with E-state index in [4.69, 9.17) is 9.47 Å². The van der Waals surface area contributed by atoms with Gasteiger partial charge in [-0.05, 0) is 36.8 Å². The topological polar surface area (TPSA) is 76.7 Å². The average Bonchev–Trinajstić information content (AvgIpc) is 2.57. The molecule has 0 unspecified atom stereocenters. The third kappa shape index (κ3) is 6.55. The molecule has 0 saturated heterocycles. The van der Waals surface area contributed by atoms with Crippen molar-refractivity contribution in [3.05, 3.63) is 54.1 Å². The molecule has 2 rings (SSSR count). The molecule has 2 amide bonds. The molecule has 0 saturated carbocycles. The van der Waals surface area contributed by atoms with Crippen LogP contribution in [-0.4, -0.2) is 31.6 Å². The first-order valence-electron chi connectivity index (χ1n) is 8.00. The zero-order chi connectivity index (χ0) is 18.1. The molecule has 0 aliphatic heterocycles. The van der Waals surface area contributed by atoms with Crippen LogP contribution in [0.1, 0.15) is 12.5 Å². The van der Waals surface area contributed by atoms with E-state index < -0.39 is 0 Å². The largest absolute Gasteiger partial charge is 0.492 e. The minimum absolute atomic E-state index is 0.138. The second-order valence-corrected chi connectivity index (χ2v) is 5.48. The van der Waals surface area contributed by atoms with Crippen LogP contribution in [0, 0.1) is 6.92 Å². The molecule has 0 aromatic heterocycles. The van der Waals surface area contributed by atoms with Crippen LogP contribution in [0.15, 0.2) is 48.5 Å². The van der Waals surface area contributed by atoms with Gasteiger partial charge in [0, 0.05) is 6.92 Å². The number of rotatable bonds is 8. The van der Waals surface area contributed by atoms with E-state index in [0.29, 0.717) is 24.6 Å². The fourth-order valence-corrected chi connectivity index (χ4v) is 2.14. The van der Waals surface area contributed by atoms with Crippen LogP contribution >= 0.6 is 0 Å². The summed E-state index contributed by atoms with van der Waals surface area (Å²) in [6.07, 6.45) is 0. The van der Waals surface area contributed by atoms with E-state index in [-0.39, 0.29) is 18.4 Å². The predicted molar refractivity (Wildman–Crippen MR) is 95.9 cm³/mol. The standard InChI is InChI=1S/C19H22N2O4/c1-14-6-5-7-16(12-14)24-11-10-20-19(23)13-25-18-9-4-3-8-17(18)21-15(2)22/h3-9,12H,10-11,13H2,1-2H3,(H,20,23)(H,21,22). The quantitative estimate of drug-likeness (QED) is 0.723. The first-order valence-corrected chi connectivity index (χ1v) is 8.00. The molecule has 0 radical (unpaired) electrons. The fourth-order valence-electron chi connectivity index (χ4n) is 2.14. The van der Waals surface area contributed by atoms with Gasteiger partial charge in [-0.2, -0.15) is 0 Å². The number of hydrogen-bond acceptors (Lipinski definition) is 4. The molecule has 2 aromatic carbocycles. The summed E-state index contributed by atoms with van der Waals surface area (Å²) < 4.78 is 11.0. The lowest BCUT2D eigenvalue weighted by atomic mass is 10.2. The second kappa shape index (κ2) is 9.32. The van der Waals surface area contributed by atoms with Crippen LogP contribution in [0.25, 0.3) is 0 Å². The first-order chi connectivity index (χ1) is 12.0. The number of anilines is 1. The molecule has 6 nitrogen and oxygen atoms in total. The number of ether oxygens (including phenoxy) is 2. The summed E-state index contributed by atoms with van der Waals surface area (Å²) in [4.78, 5) is 23.0. The number of amides is 2. The minimum Gasteiger partial charge on any atom is -0.492 e. The summed E-state index contributed by atoms with van der Waals surface area (Å²) in [5.41, 5.74) is 1.65. The van der Waals surface area contributed by atoms with E-state index in [0.717, 1.165) is 11.3 Å². The van der Waals surface area contributed by atoms with Crippen LogP contribution in [-0.2, 0) is 9.59 Å². The lowest BCUT2D eigenvalue weighted by Crippen LogP contribution is -2.32. The van der Waals surface area contributed by atoms with Gasteiger partial charge >= 0.3 is 0 Å². The van der Waals surface area contributed by atoms with Gasteiger partial charge in [-0.1, -0.05) is 24.3 Å². The van der Waals surface area contributed by atoms with Crippen molar-refractivity contribution < 1.29 is 19.1 Å². The Morgan fingerprint density at radius 1 is 1.04 bits per heavy atom. The number of hydrogen-bond donors (Lipinski definition) is 2. The fraction of sp³-hybridized carbons (Fsp3) is 0.263. The second-order valence-electron chi connectivity index (χ2n) is 5.48. The SMILES string of the molecule is CC(=O)Nc1ccccc1OCC(=O)NCCOc1cccc(C)c1. The van der Waals surface area contributed by atoms with Gasteiger partial charge in [0.05, 0.1) is 12.2 Å². The van der Waals surface area contributed by atoms with Crippen molar-refractivity contribution in [2.24, 2.45) is 0 Å². The van der Waals surface area contributed by atoms with Crippen LogP contribution in [0.3, 0.4) is 0 Å². The highest BCUT2D eigenvalue weighted by atomic mass is 16.5. The highest BCUT2D eigenvalue weighted by Gasteiger charge is 2.07. The summed E-state index contributed by atoms with van der Waals surface area (Å²) in [6, 6.07) is 14.7. The van der Waals surface area contributed by atoms with Gasteiger partial charge in [0.15, 0.2) is 6.61 Å². The van der Waals surface area contributed by atoms with Crippen LogP contribution in [0.2, 0.25) is 0 Å². The van der Waals surface area contributed by atoms with E-state index in [2.05, 4.69) is 10.6 Å². The van der Waals surface area contributed by atoms with Crippen molar-refractivity contribution in [1.29, 1.82) is 0 Å². The monoisotopic (exact) mass is 342 g/mol. The maximum atomic E-state index is 11.8. The molecule has 25 heavy (non-hydrogen) atoms. The van der Waals surface area contributed by atoms with Crippen molar-refractivity contribution in [2.45, 2.75) is 13.8 Å². The summed E-state index contributed by atoms with van der Waals surface area (Å²) >= 11 is 0. The Morgan fingerprint density at radius 2 is 1.84 bits per heavy atom. The molecule has 0 heterocycles. The van der Waals surface area contributed by atoms with Crippen LogP contribution in [0.4, 0.5) is 5.69 Å². The predicted octanol–water partition coefficient (Wildman–Crippen LogP) is 2.53. The number of aryl methyl sites for hydroxylation is 1. The highest BCUT2D eigenvalue weighted by Crippen LogP contribution is 2.23. The van der Waals surface area contributed by atoms with Gasteiger partial charge in [0.1, 0.15) is 18.1 Å². The molecule has 6 heteroatoms. The molecule has 0 atom stereocenters. The molecule has 0 bridgehead atoms. The van der Waals surface area contributed by atoms with Gasteiger partial charge in [-0.3, -0.25) is 9.59 Å². The number of nitrogens with one attached hydrogen (secondary N) is 2. The third-order valence-electron chi connectivity index (χ3n) is 3.24. The molecule has 0 fully saturated rings. The zero-order valence-corrected chi connectivity index (χ0v) is 14.4. The molecule has 2 N–H and O–H groups in total. The Balaban J connectivity index is 1.71.